The van der Waals surface area contributed by atoms with Crippen LogP contribution in [0.2, 0.25) is 0 Å². The molecule has 1 aromatic carbocycles. The van der Waals surface area contributed by atoms with E-state index in [1.165, 1.54) is 0 Å². The van der Waals surface area contributed by atoms with Crippen LogP contribution < -0.4 is 10.2 Å². The molecule has 2 aromatic rings. The molecule has 2 N–H and O–H groups in total. The number of para-hydroxylation sites is 2. The number of piperazine rings is 1. The third-order valence-electron chi connectivity index (χ3n) is 3.26. The van der Waals surface area contributed by atoms with Crippen molar-refractivity contribution in [1.29, 1.82) is 0 Å². The van der Waals surface area contributed by atoms with E-state index in [-0.39, 0.29) is 0 Å². The second-order valence-electron chi connectivity index (χ2n) is 4.47. The lowest BCUT2D eigenvalue weighted by Gasteiger charge is -2.34. The number of aromatic nitrogens is 2. The quantitative estimate of drug-likeness (QED) is 0.816. The summed E-state index contributed by atoms with van der Waals surface area (Å²) in [7, 11) is 0. The molecule has 19 heavy (non-hydrogen) atoms. The minimum Gasteiger partial charge on any atom is -0.480 e. The normalized spacial score (nSPS) is 19.6. The van der Waals surface area contributed by atoms with Crippen LogP contribution in [0.15, 0.2) is 30.5 Å². The molecule has 1 aliphatic rings. The Labute approximate surface area is 110 Å². The Morgan fingerprint density at radius 2 is 2.16 bits per heavy atom. The molecule has 0 amide bonds. The number of aliphatic carboxylic acids is 1. The summed E-state index contributed by atoms with van der Waals surface area (Å²) < 4.78 is 0. The molecule has 6 nitrogen and oxygen atoms in total. The average molecular weight is 258 g/mol. The zero-order chi connectivity index (χ0) is 13.2. The maximum atomic E-state index is 11.3. The molecule has 0 unspecified atom stereocenters. The minimum absolute atomic E-state index is 0.420. The second-order valence-corrected chi connectivity index (χ2v) is 4.47. The lowest BCUT2D eigenvalue weighted by atomic mass is 10.2. The van der Waals surface area contributed by atoms with Gasteiger partial charge in [0.2, 0.25) is 0 Å². The van der Waals surface area contributed by atoms with Crippen molar-refractivity contribution in [3.8, 4) is 0 Å². The van der Waals surface area contributed by atoms with Gasteiger partial charge in [0.25, 0.3) is 0 Å². The van der Waals surface area contributed by atoms with Crippen LogP contribution >= 0.6 is 0 Å². The summed E-state index contributed by atoms with van der Waals surface area (Å²) >= 11 is 0. The molecule has 1 atom stereocenters. The van der Waals surface area contributed by atoms with Crippen LogP contribution in [0.4, 0.5) is 5.82 Å². The molecular weight excluding hydrogens is 244 g/mol. The lowest BCUT2D eigenvalue weighted by Crippen LogP contribution is -2.55. The number of carboxylic acid groups (broad SMARTS) is 1. The SMILES string of the molecule is O=C(O)[C@@H]1CNCCN1c1cnc2ccccc2n1. The van der Waals surface area contributed by atoms with Crippen LogP contribution in [0.5, 0.6) is 0 Å². The Hall–Kier alpha value is -2.21. The summed E-state index contributed by atoms with van der Waals surface area (Å²) in [5.41, 5.74) is 1.59. The standard InChI is InChI=1S/C13H14N4O2/c18-13(19)11-7-14-5-6-17(11)12-8-15-9-3-1-2-4-10(9)16-12/h1-4,8,11,14H,5-7H2,(H,18,19)/t11-/m0/s1. The van der Waals surface area contributed by atoms with Crippen molar-refractivity contribution in [3.63, 3.8) is 0 Å². The van der Waals surface area contributed by atoms with Crippen molar-refractivity contribution < 1.29 is 9.90 Å². The molecule has 0 bridgehead atoms. The molecule has 2 heterocycles. The molecule has 98 valence electrons. The maximum Gasteiger partial charge on any atom is 0.327 e. The van der Waals surface area contributed by atoms with E-state index < -0.39 is 12.0 Å². The molecule has 1 saturated heterocycles. The Bertz CT molecular complexity index is 616. The van der Waals surface area contributed by atoms with E-state index in [1.54, 1.807) is 11.1 Å². The highest BCUT2D eigenvalue weighted by Crippen LogP contribution is 2.18. The maximum absolute atomic E-state index is 11.3. The molecule has 0 saturated carbocycles. The summed E-state index contributed by atoms with van der Waals surface area (Å²) in [6, 6.07) is 6.97. The largest absolute Gasteiger partial charge is 0.480 e. The molecule has 0 spiro atoms. The fraction of sp³-hybridized carbons (Fsp3) is 0.308. The Morgan fingerprint density at radius 3 is 2.95 bits per heavy atom. The Balaban J connectivity index is 1.99. The summed E-state index contributed by atoms with van der Waals surface area (Å²) in [6.07, 6.45) is 1.64. The fourth-order valence-corrected chi connectivity index (χ4v) is 2.28. The van der Waals surface area contributed by atoms with E-state index >= 15 is 0 Å². The summed E-state index contributed by atoms with van der Waals surface area (Å²) in [5, 5.41) is 12.3. The van der Waals surface area contributed by atoms with Crippen LogP contribution in [-0.4, -0.2) is 46.7 Å². The van der Waals surface area contributed by atoms with E-state index in [4.69, 9.17) is 0 Å². The number of hydrogen-bond donors (Lipinski definition) is 2. The number of anilines is 1. The Kier molecular flexibility index (Phi) is 3.00. The summed E-state index contributed by atoms with van der Waals surface area (Å²) in [5.74, 6) is -0.227. The topological polar surface area (TPSA) is 78.4 Å². The monoisotopic (exact) mass is 258 g/mol. The zero-order valence-electron chi connectivity index (χ0n) is 10.3. The van der Waals surface area contributed by atoms with Gasteiger partial charge >= 0.3 is 5.97 Å². The third kappa shape index (κ3) is 2.22. The van der Waals surface area contributed by atoms with Crippen molar-refractivity contribution in [2.45, 2.75) is 6.04 Å². The van der Waals surface area contributed by atoms with E-state index in [2.05, 4.69) is 15.3 Å². The van der Waals surface area contributed by atoms with E-state index in [0.717, 1.165) is 17.6 Å². The van der Waals surface area contributed by atoms with Crippen LogP contribution in [0.1, 0.15) is 0 Å². The zero-order valence-corrected chi connectivity index (χ0v) is 10.3. The summed E-state index contributed by atoms with van der Waals surface area (Å²) in [6.45, 7) is 1.78. The molecule has 0 aliphatic carbocycles. The first-order chi connectivity index (χ1) is 9.25. The highest BCUT2D eigenvalue weighted by molar-refractivity contribution is 5.80. The van der Waals surface area contributed by atoms with Crippen molar-refractivity contribution in [2.75, 3.05) is 24.5 Å². The number of nitrogens with one attached hydrogen (secondary N) is 1. The fourth-order valence-electron chi connectivity index (χ4n) is 2.28. The van der Waals surface area contributed by atoms with Crippen molar-refractivity contribution in [2.24, 2.45) is 0 Å². The molecule has 6 heteroatoms. The van der Waals surface area contributed by atoms with Gasteiger partial charge in [-0.15, -0.1) is 0 Å². The second kappa shape index (κ2) is 4.81. The third-order valence-corrected chi connectivity index (χ3v) is 3.26. The Morgan fingerprint density at radius 1 is 1.37 bits per heavy atom. The van der Waals surface area contributed by atoms with Gasteiger partial charge in [-0.3, -0.25) is 4.98 Å². The highest BCUT2D eigenvalue weighted by atomic mass is 16.4. The van der Waals surface area contributed by atoms with Gasteiger partial charge in [-0.25, -0.2) is 9.78 Å². The smallest absolute Gasteiger partial charge is 0.327 e. The van der Waals surface area contributed by atoms with Gasteiger partial charge < -0.3 is 15.3 Å². The molecular formula is C13H14N4O2. The predicted molar refractivity (Wildman–Crippen MR) is 71.2 cm³/mol. The van der Waals surface area contributed by atoms with Gasteiger partial charge in [0.1, 0.15) is 11.9 Å². The number of nitrogens with zero attached hydrogens (tertiary/aromatic N) is 3. The molecule has 1 aromatic heterocycles. The van der Waals surface area contributed by atoms with Crippen LogP contribution in [0.25, 0.3) is 11.0 Å². The highest BCUT2D eigenvalue weighted by Gasteiger charge is 2.29. The van der Waals surface area contributed by atoms with Crippen molar-refractivity contribution in [3.05, 3.63) is 30.5 Å². The van der Waals surface area contributed by atoms with Gasteiger partial charge in [0.15, 0.2) is 0 Å². The summed E-state index contributed by atoms with van der Waals surface area (Å²) in [4.78, 5) is 21.9. The van der Waals surface area contributed by atoms with Gasteiger partial charge in [-0.1, -0.05) is 12.1 Å². The molecule has 1 aliphatic heterocycles. The van der Waals surface area contributed by atoms with E-state index in [0.29, 0.717) is 18.9 Å². The van der Waals surface area contributed by atoms with Crippen molar-refractivity contribution in [1.82, 2.24) is 15.3 Å². The van der Waals surface area contributed by atoms with Gasteiger partial charge in [0.05, 0.1) is 17.2 Å². The van der Waals surface area contributed by atoms with Crippen LogP contribution in [-0.2, 0) is 4.79 Å². The lowest BCUT2D eigenvalue weighted by molar-refractivity contribution is -0.138. The first-order valence-electron chi connectivity index (χ1n) is 6.17. The first-order valence-corrected chi connectivity index (χ1v) is 6.17. The number of carbonyl (C=O) groups is 1. The van der Waals surface area contributed by atoms with Crippen molar-refractivity contribution >= 4 is 22.8 Å². The van der Waals surface area contributed by atoms with Gasteiger partial charge in [0, 0.05) is 19.6 Å². The molecule has 0 radical (unpaired) electrons. The van der Waals surface area contributed by atoms with E-state index in [1.807, 2.05) is 24.3 Å². The molecule has 1 fully saturated rings. The van der Waals surface area contributed by atoms with Gasteiger partial charge in [-0.2, -0.15) is 0 Å². The molecule has 3 rings (SSSR count). The number of benzene rings is 1. The van der Waals surface area contributed by atoms with Crippen LogP contribution in [0.3, 0.4) is 0 Å². The average Bonchev–Trinajstić information content (AvgIpc) is 2.46. The number of hydrogen-bond acceptors (Lipinski definition) is 5. The minimum atomic E-state index is -0.845. The van der Waals surface area contributed by atoms with Gasteiger partial charge in [-0.05, 0) is 12.1 Å². The predicted octanol–water partition coefficient (Wildman–Crippen LogP) is 0.493. The van der Waals surface area contributed by atoms with E-state index in [9.17, 15) is 9.90 Å². The number of rotatable bonds is 2. The number of fused-ring (bicyclic) bond motifs is 1. The number of carboxylic acids is 1. The van der Waals surface area contributed by atoms with Crippen LogP contribution in [0, 0.1) is 0 Å². The first kappa shape index (κ1) is 11.9.